The lowest BCUT2D eigenvalue weighted by Crippen LogP contribution is -2.41. The Balaban J connectivity index is 3.57. The molecule has 78 valence electrons. The number of nitrogens with zero attached hydrogens (tertiary/aromatic N) is 2. The van der Waals surface area contributed by atoms with E-state index in [0.29, 0.717) is 6.54 Å². The van der Waals surface area contributed by atoms with E-state index in [0.717, 1.165) is 6.54 Å². The zero-order valence-corrected chi connectivity index (χ0v) is 8.53. The summed E-state index contributed by atoms with van der Waals surface area (Å²) in [7, 11) is 3.70. The Bertz CT molecular complexity index is 161. The predicted octanol–water partition coefficient (Wildman–Crippen LogP) is -0.761. The van der Waals surface area contributed by atoms with Crippen molar-refractivity contribution in [3.05, 3.63) is 0 Å². The van der Waals surface area contributed by atoms with Gasteiger partial charge in [-0.15, -0.1) is 0 Å². The Morgan fingerprint density at radius 2 is 2.00 bits per heavy atom. The standard InChI is InChI=1S/C8H19N3O2/c1-7(9)11(3)5-4-10(2)6-8(12)13/h7H,4-6,9H2,1-3H3,(H,12,13). The summed E-state index contributed by atoms with van der Waals surface area (Å²) in [4.78, 5) is 14.0. The van der Waals surface area contributed by atoms with Gasteiger partial charge in [0.15, 0.2) is 0 Å². The molecule has 0 aromatic heterocycles. The lowest BCUT2D eigenvalue weighted by molar-refractivity contribution is -0.138. The monoisotopic (exact) mass is 189 g/mol. The summed E-state index contributed by atoms with van der Waals surface area (Å²) in [5, 5.41) is 8.48. The van der Waals surface area contributed by atoms with Crippen LogP contribution in [0.1, 0.15) is 6.92 Å². The maximum atomic E-state index is 10.3. The van der Waals surface area contributed by atoms with Crippen molar-refractivity contribution in [2.45, 2.75) is 13.1 Å². The highest BCUT2D eigenvalue weighted by atomic mass is 16.4. The van der Waals surface area contributed by atoms with Crippen molar-refractivity contribution in [3.8, 4) is 0 Å². The van der Waals surface area contributed by atoms with Crippen LogP contribution < -0.4 is 5.73 Å². The maximum Gasteiger partial charge on any atom is 0.317 e. The van der Waals surface area contributed by atoms with Crippen LogP contribution in [0.2, 0.25) is 0 Å². The summed E-state index contributed by atoms with van der Waals surface area (Å²) < 4.78 is 0. The van der Waals surface area contributed by atoms with Gasteiger partial charge in [-0.05, 0) is 21.0 Å². The summed E-state index contributed by atoms with van der Waals surface area (Å²) in [6.07, 6.45) is 0.0122. The van der Waals surface area contributed by atoms with Crippen LogP contribution in [0.5, 0.6) is 0 Å². The second-order valence-corrected chi connectivity index (χ2v) is 3.35. The van der Waals surface area contributed by atoms with Crippen molar-refractivity contribution in [2.24, 2.45) is 5.73 Å². The molecule has 0 rings (SSSR count). The molecular formula is C8H19N3O2. The van der Waals surface area contributed by atoms with Gasteiger partial charge in [0.2, 0.25) is 0 Å². The van der Waals surface area contributed by atoms with E-state index in [2.05, 4.69) is 0 Å². The average molecular weight is 189 g/mol. The normalized spacial score (nSPS) is 13.7. The quantitative estimate of drug-likeness (QED) is 0.537. The molecule has 13 heavy (non-hydrogen) atoms. The van der Waals surface area contributed by atoms with Gasteiger partial charge >= 0.3 is 5.97 Å². The summed E-state index contributed by atoms with van der Waals surface area (Å²) in [5.41, 5.74) is 5.61. The maximum absolute atomic E-state index is 10.3. The predicted molar refractivity (Wildman–Crippen MR) is 51.4 cm³/mol. The van der Waals surface area contributed by atoms with Crippen LogP contribution in [0.3, 0.4) is 0 Å². The van der Waals surface area contributed by atoms with Crippen LogP contribution in [0.25, 0.3) is 0 Å². The van der Waals surface area contributed by atoms with Crippen LogP contribution in [0.4, 0.5) is 0 Å². The zero-order valence-electron chi connectivity index (χ0n) is 8.53. The minimum atomic E-state index is -0.800. The molecule has 1 unspecified atom stereocenters. The topological polar surface area (TPSA) is 69.8 Å². The molecule has 0 bridgehead atoms. The smallest absolute Gasteiger partial charge is 0.317 e. The number of rotatable bonds is 6. The first kappa shape index (κ1) is 12.3. The van der Waals surface area contributed by atoms with E-state index in [1.54, 1.807) is 11.9 Å². The number of likely N-dealkylation sites (N-methyl/N-ethyl adjacent to an activating group) is 2. The third kappa shape index (κ3) is 6.51. The van der Waals surface area contributed by atoms with E-state index in [1.807, 2.05) is 18.9 Å². The van der Waals surface area contributed by atoms with Gasteiger partial charge in [0.05, 0.1) is 12.7 Å². The number of carboxylic acids is 1. The fourth-order valence-corrected chi connectivity index (χ4v) is 0.842. The van der Waals surface area contributed by atoms with Crippen LogP contribution in [0.15, 0.2) is 0 Å². The van der Waals surface area contributed by atoms with Gasteiger partial charge in [-0.1, -0.05) is 0 Å². The number of carboxylic acid groups (broad SMARTS) is 1. The van der Waals surface area contributed by atoms with E-state index in [9.17, 15) is 4.79 Å². The van der Waals surface area contributed by atoms with Crippen LogP contribution >= 0.6 is 0 Å². The van der Waals surface area contributed by atoms with Gasteiger partial charge < -0.3 is 10.8 Å². The molecule has 0 aliphatic heterocycles. The second-order valence-electron chi connectivity index (χ2n) is 3.35. The average Bonchev–Trinajstić information content (AvgIpc) is 1.98. The van der Waals surface area contributed by atoms with Gasteiger partial charge in [-0.25, -0.2) is 0 Å². The van der Waals surface area contributed by atoms with Crippen molar-refractivity contribution < 1.29 is 9.90 Å². The Morgan fingerprint density at radius 3 is 2.38 bits per heavy atom. The van der Waals surface area contributed by atoms with Crippen molar-refractivity contribution >= 4 is 5.97 Å². The molecule has 0 spiro atoms. The third-order valence-electron chi connectivity index (χ3n) is 1.93. The first-order chi connectivity index (χ1) is 5.93. The van der Waals surface area contributed by atoms with Gasteiger partial charge in [-0.2, -0.15) is 0 Å². The van der Waals surface area contributed by atoms with Crippen molar-refractivity contribution in [1.82, 2.24) is 9.80 Å². The molecule has 5 nitrogen and oxygen atoms in total. The molecule has 0 radical (unpaired) electrons. The molecule has 0 aliphatic carbocycles. The highest BCUT2D eigenvalue weighted by Gasteiger charge is 2.07. The van der Waals surface area contributed by atoms with E-state index in [1.165, 1.54) is 0 Å². The lowest BCUT2D eigenvalue weighted by atomic mass is 10.4. The van der Waals surface area contributed by atoms with Crippen LogP contribution in [0, 0.1) is 0 Å². The fraction of sp³-hybridized carbons (Fsp3) is 0.875. The Kier molecular flexibility index (Phi) is 5.61. The van der Waals surface area contributed by atoms with Gasteiger partial charge in [0.25, 0.3) is 0 Å². The lowest BCUT2D eigenvalue weighted by Gasteiger charge is -2.23. The van der Waals surface area contributed by atoms with E-state index >= 15 is 0 Å². The van der Waals surface area contributed by atoms with E-state index in [-0.39, 0.29) is 12.7 Å². The largest absolute Gasteiger partial charge is 0.480 e. The third-order valence-corrected chi connectivity index (χ3v) is 1.93. The van der Waals surface area contributed by atoms with Gasteiger partial charge in [0.1, 0.15) is 0 Å². The first-order valence-corrected chi connectivity index (χ1v) is 4.29. The molecule has 3 N–H and O–H groups in total. The molecule has 0 saturated carbocycles. The number of hydrogen-bond donors (Lipinski definition) is 2. The second kappa shape index (κ2) is 5.90. The number of nitrogens with two attached hydrogens (primary N) is 1. The fourth-order valence-electron chi connectivity index (χ4n) is 0.842. The Labute approximate surface area is 79.1 Å². The van der Waals surface area contributed by atoms with Crippen molar-refractivity contribution in [2.75, 3.05) is 33.7 Å². The minimum absolute atomic E-state index is 0.0122. The van der Waals surface area contributed by atoms with Crippen molar-refractivity contribution in [3.63, 3.8) is 0 Å². The minimum Gasteiger partial charge on any atom is -0.480 e. The molecule has 0 saturated heterocycles. The molecule has 0 amide bonds. The Hall–Kier alpha value is -0.650. The first-order valence-electron chi connectivity index (χ1n) is 4.29. The Morgan fingerprint density at radius 1 is 1.46 bits per heavy atom. The molecule has 5 heteroatoms. The highest BCUT2D eigenvalue weighted by Crippen LogP contribution is 1.89. The number of hydrogen-bond acceptors (Lipinski definition) is 4. The SMILES string of the molecule is CC(N)N(C)CCN(C)CC(=O)O. The molecule has 0 aromatic carbocycles. The molecular weight excluding hydrogens is 170 g/mol. The van der Waals surface area contributed by atoms with Crippen LogP contribution in [-0.4, -0.2) is 60.8 Å². The zero-order chi connectivity index (χ0) is 10.4. The molecule has 0 aliphatic rings. The molecule has 0 aromatic rings. The molecule has 0 fully saturated rings. The summed E-state index contributed by atoms with van der Waals surface area (Å²) >= 11 is 0. The molecule has 1 atom stereocenters. The summed E-state index contributed by atoms with van der Waals surface area (Å²) in [5.74, 6) is -0.800. The number of carbonyl (C=O) groups is 1. The van der Waals surface area contributed by atoms with E-state index < -0.39 is 5.97 Å². The number of aliphatic carboxylic acids is 1. The highest BCUT2D eigenvalue weighted by molar-refractivity contribution is 5.68. The van der Waals surface area contributed by atoms with Gasteiger partial charge in [0, 0.05) is 13.1 Å². The van der Waals surface area contributed by atoms with Crippen molar-refractivity contribution in [1.29, 1.82) is 0 Å². The van der Waals surface area contributed by atoms with Gasteiger partial charge in [-0.3, -0.25) is 14.6 Å². The summed E-state index contributed by atoms with van der Waals surface area (Å²) in [6.45, 7) is 3.47. The van der Waals surface area contributed by atoms with Crippen LogP contribution in [-0.2, 0) is 4.79 Å². The van der Waals surface area contributed by atoms with E-state index in [4.69, 9.17) is 10.8 Å². The summed E-state index contributed by atoms with van der Waals surface area (Å²) in [6, 6.07) is 0. The molecule has 0 heterocycles.